The number of fused-ring (bicyclic) bond motifs is 2. The van der Waals surface area contributed by atoms with E-state index in [1.807, 2.05) is 6.07 Å². The van der Waals surface area contributed by atoms with Crippen molar-refractivity contribution in [3.8, 4) is 22.6 Å². The Morgan fingerprint density at radius 1 is 1.18 bits per heavy atom. The Labute approximate surface area is 219 Å². The summed E-state index contributed by atoms with van der Waals surface area (Å²) in [6.07, 6.45) is 8.96. The lowest BCUT2D eigenvalue weighted by Gasteiger charge is -2.56. The van der Waals surface area contributed by atoms with Gasteiger partial charge in [0.2, 0.25) is 0 Å². The molecule has 1 N–H and O–H groups in total. The first kappa shape index (κ1) is 24.7. The lowest BCUT2D eigenvalue weighted by atomic mass is 9.47. The number of nitrogens with zero attached hydrogens (tertiary/aromatic N) is 6. The minimum Gasteiger partial charge on any atom is -0.259 e. The van der Waals surface area contributed by atoms with Crippen LogP contribution in [0.3, 0.4) is 0 Å². The summed E-state index contributed by atoms with van der Waals surface area (Å²) in [6.45, 7) is 4.42. The van der Waals surface area contributed by atoms with E-state index in [1.54, 1.807) is 24.7 Å². The Morgan fingerprint density at radius 2 is 1.95 bits per heavy atom. The van der Waals surface area contributed by atoms with Gasteiger partial charge in [0.05, 0.1) is 49.5 Å². The first-order valence-corrected chi connectivity index (χ1v) is 14.5. The van der Waals surface area contributed by atoms with Gasteiger partial charge in [-0.15, -0.1) is 5.10 Å². The van der Waals surface area contributed by atoms with E-state index in [2.05, 4.69) is 34.1 Å². The second kappa shape index (κ2) is 8.45. The first-order valence-electron chi connectivity index (χ1n) is 12.4. The molecule has 1 aromatic carbocycles. The Morgan fingerprint density at radius 3 is 2.66 bits per heavy atom. The number of hydrogen-bond donors (Lipinski definition) is 1. The molecule has 1 unspecified atom stereocenters. The fraction of sp³-hybridized carbons (Fsp3) is 0.370. The summed E-state index contributed by atoms with van der Waals surface area (Å²) in [7, 11) is -2.76. The second-order valence-electron chi connectivity index (χ2n) is 11.0. The highest BCUT2D eigenvalue weighted by atomic mass is 32.2. The fourth-order valence-electron chi connectivity index (χ4n) is 6.37. The van der Waals surface area contributed by atoms with E-state index in [0.717, 1.165) is 36.2 Å². The molecule has 38 heavy (non-hydrogen) atoms. The molecule has 0 spiro atoms. The Hall–Kier alpha value is -3.60. The van der Waals surface area contributed by atoms with Gasteiger partial charge in [-0.25, -0.2) is 23.0 Å². The highest BCUT2D eigenvalue weighted by Crippen LogP contribution is 2.63. The average Bonchev–Trinajstić information content (AvgIpc) is 3.31. The lowest BCUT2D eigenvalue weighted by Crippen LogP contribution is -2.53. The standard InChI is InChI=1S/C27H27F2N7OS/c1-26(2)12-16-7-9-27(26,24-18(16)11-21(34-35-24)23-19(28)5-4-6-20(23)29)22-8-10-31-25(33-22)17-13-32-36(14-17)15-38(3,30)37/h4-6,8,10-11,13-14,16,30H,7,9,12,15H2,1-3H3/t16-,27+,38?/m1/s1. The highest BCUT2D eigenvalue weighted by molar-refractivity contribution is 7.90. The molecule has 1 fully saturated rings. The number of halogens is 2. The minimum absolute atomic E-state index is 0.0149. The van der Waals surface area contributed by atoms with Gasteiger partial charge in [-0.1, -0.05) is 19.9 Å². The van der Waals surface area contributed by atoms with Crippen LogP contribution in [-0.4, -0.2) is 40.4 Å². The highest BCUT2D eigenvalue weighted by Gasteiger charge is 2.59. The van der Waals surface area contributed by atoms with Crippen LogP contribution in [0.4, 0.5) is 8.78 Å². The van der Waals surface area contributed by atoms with Crippen molar-refractivity contribution in [3.05, 3.63) is 77.5 Å². The summed E-state index contributed by atoms with van der Waals surface area (Å²) in [4.78, 5) is 9.44. The average molecular weight is 536 g/mol. The third kappa shape index (κ3) is 3.82. The number of rotatable bonds is 5. The zero-order chi connectivity index (χ0) is 26.9. The first-order chi connectivity index (χ1) is 18.0. The van der Waals surface area contributed by atoms with Gasteiger partial charge < -0.3 is 0 Å². The van der Waals surface area contributed by atoms with Gasteiger partial charge in [-0.2, -0.15) is 10.2 Å². The summed E-state index contributed by atoms with van der Waals surface area (Å²) in [5, 5.41) is 13.2. The summed E-state index contributed by atoms with van der Waals surface area (Å²) >= 11 is 0. The minimum atomic E-state index is -2.76. The number of aromatic nitrogens is 6. The molecule has 7 rings (SSSR count). The van der Waals surface area contributed by atoms with Crippen molar-refractivity contribution < 1.29 is 13.0 Å². The molecule has 8 nitrogen and oxygen atoms in total. The van der Waals surface area contributed by atoms with Crippen LogP contribution in [0.15, 0.2) is 48.9 Å². The molecule has 3 atom stereocenters. The summed E-state index contributed by atoms with van der Waals surface area (Å²) in [6, 6.07) is 7.49. The Kier molecular flexibility index (Phi) is 5.50. The normalized spacial score (nSPS) is 23.1. The molecular weight excluding hydrogens is 508 g/mol. The van der Waals surface area contributed by atoms with Gasteiger partial charge in [-0.05, 0) is 60.4 Å². The third-order valence-corrected chi connectivity index (χ3v) is 8.79. The maximum Gasteiger partial charge on any atom is 0.162 e. The molecular formula is C27H27F2N7OS. The molecule has 2 bridgehead atoms. The largest absolute Gasteiger partial charge is 0.259 e. The number of benzene rings is 1. The van der Waals surface area contributed by atoms with Crippen LogP contribution < -0.4 is 0 Å². The second-order valence-corrected chi connectivity index (χ2v) is 13.3. The lowest BCUT2D eigenvalue weighted by molar-refractivity contribution is 0.0811. The van der Waals surface area contributed by atoms with Crippen LogP contribution in [0, 0.1) is 21.8 Å². The molecule has 3 aliphatic rings. The van der Waals surface area contributed by atoms with Crippen LogP contribution in [0.2, 0.25) is 0 Å². The van der Waals surface area contributed by atoms with Crippen LogP contribution in [0.25, 0.3) is 22.6 Å². The molecule has 0 aliphatic heterocycles. The fourth-order valence-corrected chi connectivity index (χ4v) is 7.02. The molecule has 0 amide bonds. The zero-order valence-corrected chi connectivity index (χ0v) is 22.1. The molecule has 1 saturated carbocycles. The summed E-state index contributed by atoms with van der Waals surface area (Å²) < 4.78 is 50.2. The van der Waals surface area contributed by atoms with E-state index in [-0.39, 0.29) is 28.5 Å². The zero-order valence-electron chi connectivity index (χ0n) is 21.3. The van der Waals surface area contributed by atoms with Crippen LogP contribution >= 0.6 is 0 Å². The van der Waals surface area contributed by atoms with Gasteiger partial charge in [-0.3, -0.25) is 9.46 Å². The van der Waals surface area contributed by atoms with Gasteiger partial charge in [0.25, 0.3) is 0 Å². The van der Waals surface area contributed by atoms with Crippen LogP contribution in [0.1, 0.15) is 56.0 Å². The van der Waals surface area contributed by atoms with Crippen LogP contribution in [-0.2, 0) is 21.0 Å². The SMILES string of the molecule is CC1(C)C[C@H]2CC[C@]1(c1ccnc(-c3cnn(CS(C)(=N)=O)c3)n1)c1nnc(-c3c(F)cccc3F)cc12. The summed E-state index contributed by atoms with van der Waals surface area (Å²) in [5.74, 6) is -0.668. The van der Waals surface area contributed by atoms with E-state index >= 15 is 0 Å². The van der Waals surface area contributed by atoms with Crippen molar-refractivity contribution in [1.29, 1.82) is 4.78 Å². The quantitative estimate of drug-likeness (QED) is 0.371. The molecule has 0 saturated heterocycles. The van der Waals surface area contributed by atoms with Crippen molar-refractivity contribution in [3.63, 3.8) is 0 Å². The topological polar surface area (TPSA) is 110 Å². The molecule has 3 aliphatic carbocycles. The predicted molar refractivity (Wildman–Crippen MR) is 139 cm³/mol. The maximum atomic E-state index is 14.6. The number of hydrogen-bond acceptors (Lipinski definition) is 7. The van der Waals surface area contributed by atoms with Crippen molar-refractivity contribution in [2.75, 3.05) is 6.26 Å². The molecule has 3 aromatic heterocycles. The monoisotopic (exact) mass is 535 g/mol. The van der Waals surface area contributed by atoms with Crippen molar-refractivity contribution in [2.45, 2.75) is 50.3 Å². The number of nitrogens with one attached hydrogen (secondary N) is 1. The van der Waals surface area contributed by atoms with E-state index < -0.39 is 26.8 Å². The van der Waals surface area contributed by atoms with Gasteiger partial charge in [0.1, 0.15) is 17.5 Å². The van der Waals surface area contributed by atoms with E-state index in [4.69, 9.17) is 9.76 Å². The molecule has 11 heteroatoms. The van der Waals surface area contributed by atoms with E-state index in [0.29, 0.717) is 11.4 Å². The summed E-state index contributed by atoms with van der Waals surface area (Å²) in [5.41, 5.74) is 2.47. The predicted octanol–water partition coefficient (Wildman–Crippen LogP) is 5.30. The maximum absolute atomic E-state index is 14.6. The molecule has 196 valence electrons. The van der Waals surface area contributed by atoms with Crippen LogP contribution in [0.5, 0.6) is 0 Å². The Bertz CT molecular complexity index is 1660. The van der Waals surface area contributed by atoms with Gasteiger partial charge in [0.15, 0.2) is 5.82 Å². The molecule has 4 aromatic rings. The molecule has 0 radical (unpaired) electrons. The third-order valence-electron chi connectivity index (χ3n) is 8.03. The van der Waals surface area contributed by atoms with E-state index in [1.165, 1.54) is 29.1 Å². The van der Waals surface area contributed by atoms with E-state index in [9.17, 15) is 13.0 Å². The van der Waals surface area contributed by atoms with Gasteiger partial charge >= 0.3 is 0 Å². The van der Waals surface area contributed by atoms with Crippen molar-refractivity contribution in [2.24, 2.45) is 5.41 Å². The molecule has 3 heterocycles. The van der Waals surface area contributed by atoms with Crippen molar-refractivity contribution in [1.82, 2.24) is 29.9 Å². The Balaban J connectivity index is 1.47. The van der Waals surface area contributed by atoms with Crippen molar-refractivity contribution >= 4 is 9.73 Å². The van der Waals surface area contributed by atoms with Gasteiger partial charge in [0, 0.05) is 18.6 Å². The smallest absolute Gasteiger partial charge is 0.162 e.